The molecule has 1 unspecified atom stereocenters. The third-order valence-electron chi connectivity index (χ3n) is 3.41. The number of rotatable bonds is 7. The molecule has 4 heteroatoms. The Balaban J connectivity index is 2.19. The molecule has 1 rings (SSSR count). The van der Waals surface area contributed by atoms with E-state index < -0.39 is 0 Å². The van der Waals surface area contributed by atoms with Crippen molar-refractivity contribution in [3.05, 3.63) is 0 Å². The van der Waals surface area contributed by atoms with E-state index >= 15 is 0 Å². The number of hydrogen-bond acceptors (Lipinski definition) is 3. The second-order valence-corrected chi connectivity index (χ2v) is 4.72. The highest BCUT2D eigenvalue weighted by molar-refractivity contribution is 5.78. The molecule has 1 aliphatic rings. The Labute approximate surface area is 105 Å². The molecular weight excluding hydrogens is 216 g/mol. The normalized spacial score (nSPS) is 21.4. The van der Waals surface area contributed by atoms with Crippen LogP contribution in [-0.4, -0.2) is 50.2 Å². The van der Waals surface area contributed by atoms with Gasteiger partial charge in [0.25, 0.3) is 0 Å². The van der Waals surface area contributed by atoms with Gasteiger partial charge in [-0.3, -0.25) is 9.69 Å². The molecule has 100 valence electrons. The van der Waals surface area contributed by atoms with Crippen LogP contribution in [0.15, 0.2) is 0 Å². The summed E-state index contributed by atoms with van der Waals surface area (Å²) in [7, 11) is 1.68. The molecule has 1 amide bonds. The van der Waals surface area contributed by atoms with E-state index in [1.165, 1.54) is 19.3 Å². The maximum absolute atomic E-state index is 11.7. The molecule has 1 aliphatic heterocycles. The number of carbonyl (C=O) groups is 1. The minimum Gasteiger partial charge on any atom is -0.385 e. The van der Waals surface area contributed by atoms with Crippen molar-refractivity contribution in [2.75, 3.05) is 33.4 Å². The van der Waals surface area contributed by atoms with Gasteiger partial charge in [-0.25, -0.2) is 0 Å². The van der Waals surface area contributed by atoms with Crippen molar-refractivity contribution in [1.82, 2.24) is 10.2 Å². The quantitative estimate of drug-likeness (QED) is 0.686. The van der Waals surface area contributed by atoms with Crippen LogP contribution in [0.25, 0.3) is 0 Å². The van der Waals surface area contributed by atoms with Crippen LogP contribution >= 0.6 is 0 Å². The van der Waals surface area contributed by atoms with Gasteiger partial charge in [-0.05, 0) is 32.2 Å². The Morgan fingerprint density at radius 2 is 2.29 bits per heavy atom. The van der Waals surface area contributed by atoms with E-state index in [1.807, 2.05) is 0 Å². The van der Waals surface area contributed by atoms with Crippen molar-refractivity contribution in [2.24, 2.45) is 0 Å². The average molecular weight is 242 g/mol. The van der Waals surface area contributed by atoms with Gasteiger partial charge in [-0.1, -0.05) is 13.3 Å². The Morgan fingerprint density at radius 3 is 3.00 bits per heavy atom. The first kappa shape index (κ1) is 14.5. The predicted octanol–water partition coefficient (Wildman–Crippen LogP) is 1.40. The highest BCUT2D eigenvalue weighted by Crippen LogP contribution is 2.18. The lowest BCUT2D eigenvalue weighted by atomic mass is 10.0. The fourth-order valence-corrected chi connectivity index (χ4v) is 2.42. The van der Waals surface area contributed by atoms with E-state index in [0.717, 1.165) is 25.9 Å². The standard InChI is InChI=1S/C13H26N2O2/c1-3-12-7-4-5-9-15(12)11-13(16)14-8-6-10-17-2/h12H,3-11H2,1-2H3,(H,14,16). The summed E-state index contributed by atoms with van der Waals surface area (Å²) in [6.07, 6.45) is 5.82. The molecule has 1 atom stereocenters. The van der Waals surface area contributed by atoms with Gasteiger partial charge in [0.2, 0.25) is 5.91 Å². The third kappa shape index (κ3) is 5.50. The maximum atomic E-state index is 11.7. The molecule has 0 radical (unpaired) electrons. The van der Waals surface area contributed by atoms with E-state index in [1.54, 1.807) is 7.11 Å². The van der Waals surface area contributed by atoms with Crippen LogP contribution in [0.4, 0.5) is 0 Å². The summed E-state index contributed by atoms with van der Waals surface area (Å²) in [5.74, 6) is 0.154. The number of hydrogen-bond donors (Lipinski definition) is 1. The summed E-state index contributed by atoms with van der Waals surface area (Å²) in [6.45, 7) is 5.27. The van der Waals surface area contributed by atoms with Crippen LogP contribution < -0.4 is 5.32 Å². The van der Waals surface area contributed by atoms with Crippen LogP contribution in [0.1, 0.15) is 39.0 Å². The molecule has 0 aromatic heterocycles. The third-order valence-corrected chi connectivity index (χ3v) is 3.41. The number of piperidine rings is 1. The second kappa shape index (κ2) is 8.48. The topological polar surface area (TPSA) is 41.6 Å². The number of methoxy groups -OCH3 is 1. The van der Waals surface area contributed by atoms with E-state index in [9.17, 15) is 4.79 Å². The lowest BCUT2D eigenvalue weighted by Gasteiger charge is -2.34. The van der Waals surface area contributed by atoms with Crippen molar-refractivity contribution in [3.63, 3.8) is 0 Å². The molecule has 1 heterocycles. The van der Waals surface area contributed by atoms with E-state index in [-0.39, 0.29) is 5.91 Å². The molecule has 1 saturated heterocycles. The molecule has 0 aromatic carbocycles. The Hall–Kier alpha value is -0.610. The summed E-state index contributed by atoms with van der Waals surface area (Å²) >= 11 is 0. The van der Waals surface area contributed by atoms with Crippen molar-refractivity contribution in [2.45, 2.75) is 45.1 Å². The van der Waals surface area contributed by atoms with Gasteiger partial charge in [-0.15, -0.1) is 0 Å². The summed E-state index contributed by atoms with van der Waals surface area (Å²) in [5.41, 5.74) is 0. The Kier molecular flexibility index (Phi) is 7.21. The van der Waals surface area contributed by atoms with E-state index in [2.05, 4.69) is 17.1 Å². The fourth-order valence-electron chi connectivity index (χ4n) is 2.42. The van der Waals surface area contributed by atoms with Crippen LogP contribution in [0, 0.1) is 0 Å². The highest BCUT2D eigenvalue weighted by Gasteiger charge is 2.22. The monoisotopic (exact) mass is 242 g/mol. The molecule has 0 aromatic rings. The summed E-state index contributed by atoms with van der Waals surface area (Å²) < 4.78 is 4.95. The number of carbonyl (C=O) groups excluding carboxylic acids is 1. The molecule has 0 saturated carbocycles. The van der Waals surface area contributed by atoms with Crippen molar-refractivity contribution in [1.29, 1.82) is 0 Å². The van der Waals surface area contributed by atoms with Gasteiger partial charge in [0.05, 0.1) is 6.54 Å². The van der Waals surface area contributed by atoms with Crippen molar-refractivity contribution >= 4 is 5.91 Å². The van der Waals surface area contributed by atoms with Gasteiger partial charge < -0.3 is 10.1 Å². The number of likely N-dealkylation sites (tertiary alicyclic amines) is 1. The SMILES string of the molecule is CCC1CCCCN1CC(=O)NCCCOC. The second-order valence-electron chi connectivity index (χ2n) is 4.72. The Morgan fingerprint density at radius 1 is 1.47 bits per heavy atom. The zero-order valence-corrected chi connectivity index (χ0v) is 11.2. The molecule has 1 fully saturated rings. The van der Waals surface area contributed by atoms with Crippen molar-refractivity contribution in [3.8, 4) is 0 Å². The lowest BCUT2D eigenvalue weighted by Crippen LogP contribution is -2.45. The maximum Gasteiger partial charge on any atom is 0.234 e. The predicted molar refractivity (Wildman–Crippen MR) is 69.0 cm³/mol. The van der Waals surface area contributed by atoms with E-state index in [0.29, 0.717) is 19.2 Å². The molecular formula is C13H26N2O2. The zero-order valence-electron chi connectivity index (χ0n) is 11.2. The first-order chi connectivity index (χ1) is 8.27. The number of nitrogens with zero attached hydrogens (tertiary/aromatic N) is 1. The molecule has 17 heavy (non-hydrogen) atoms. The molecule has 0 bridgehead atoms. The number of amides is 1. The summed E-state index contributed by atoms with van der Waals surface area (Å²) in [6, 6.07) is 0.605. The van der Waals surface area contributed by atoms with Crippen LogP contribution in [0.2, 0.25) is 0 Å². The molecule has 0 spiro atoms. The van der Waals surface area contributed by atoms with E-state index in [4.69, 9.17) is 4.74 Å². The van der Waals surface area contributed by atoms with Crippen LogP contribution in [0.5, 0.6) is 0 Å². The summed E-state index contributed by atoms with van der Waals surface area (Å²) in [4.78, 5) is 14.1. The van der Waals surface area contributed by atoms with Gasteiger partial charge in [0, 0.05) is 26.3 Å². The molecule has 1 N–H and O–H groups in total. The zero-order chi connectivity index (χ0) is 12.5. The first-order valence-corrected chi connectivity index (χ1v) is 6.77. The van der Waals surface area contributed by atoms with Crippen LogP contribution in [0.3, 0.4) is 0 Å². The Bertz CT molecular complexity index is 221. The fraction of sp³-hybridized carbons (Fsp3) is 0.923. The molecule has 4 nitrogen and oxygen atoms in total. The highest BCUT2D eigenvalue weighted by atomic mass is 16.5. The average Bonchev–Trinajstić information content (AvgIpc) is 2.35. The van der Waals surface area contributed by atoms with Gasteiger partial charge >= 0.3 is 0 Å². The van der Waals surface area contributed by atoms with Gasteiger partial charge in [-0.2, -0.15) is 0 Å². The van der Waals surface area contributed by atoms with Crippen molar-refractivity contribution < 1.29 is 9.53 Å². The minimum absolute atomic E-state index is 0.154. The number of nitrogens with one attached hydrogen (secondary N) is 1. The van der Waals surface area contributed by atoms with Gasteiger partial charge in [0.15, 0.2) is 0 Å². The van der Waals surface area contributed by atoms with Crippen LogP contribution in [-0.2, 0) is 9.53 Å². The first-order valence-electron chi connectivity index (χ1n) is 6.77. The number of ether oxygens (including phenoxy) is 1. The minimum atomic E-state index is 0.154. The lowest BCUT2D eigenvalue weighted by molar-refractivity contribution is -0.123. The van der Waals surface area contributed by atoms with Gasteiger partial charge in [0.1, 0.15) is 0 Å². The molecule has 0 aliphatic carbocycles. The largest absolute Gasteiger partial charge is 0.385 e. The summed E-state index contributed by atoms with van der Waals surface area (Å²) in [5, 5.41) is 2.95. The smallest absolute Gasteiger partial charge is 0.234 e.